The number of aliphatic hydroxyl groups excluding tert-OH is 1. The number of fused-ring (bicyclic) bond motifs is 2. The fraction of sp³-hybridized carbons (Fsp3) is 0.375. The highest BCUT2D eigenvalue weighted by Crippen LogP contribution is 2.38. The molecule has 2 aliphatic heterocycles. The van der Waals surface area contributed by atoms with Gasteiger partial charge < -0.3 is 9.67 Å². The Hall–Kier alpha value is -1.58. The Kier molecular flexibility index (Phi) is 2.34. The first-order valence-electron chi connectivity index (χ1n) is 6.89. The number of rotatable bonds is 1. The number of aliphatic hydroxyl groups is 1. The third-order valence-corrected chi connectivity index (χ3v) is 4.53. The van der Waals surface area contributed by atoms with Gasteiger partial charge in [0.1, 0.15) is 0 Å². The van der Waals surface area contributed by atoms with Gasteiger partial charge in [-0.1, -0.05) is 24.3 Å². The standard InChI is InChI=1S/C16H18N2O/c1-17-8-11(10-19)7-14-13-4-2-3-12-5-6-18(16(12)13)9-15(14)17/h2-7,11,15,19H,8-10H2,1H3. The van der Waals surface area contributed by atoms with Crippen molar-refractivity contribution in [2.24, 2.45) is 5.92 Å². The third kappa shape index (κ3) is 1.52. The van der Waals surface area contributed by atoms with Gasteiger partial charge in [0.15, 0.2) is 0 Å². The van der Waals surface area contributed by atoms with Gasteiger partial charge in [0.25, 0.3) is 0 Å². The molecule has 19 heavy (non-hydrogen) atoms. The van der Waals surface area contributed by atoms with Crippen LogP contribution in [0.25, 0.3) is 16.5 Å². The van der Waals surface area contributed by atoms with E-state index >= 15 is 0 Å². The molecule has 0 fully saturated rings. The molecule has 4 rings (SSSR count). The maximum absolute atomic E-state index is 9.47. The second-order valence-electron chi connectivity index (χ2n) is 5.73. The summed E-state index contributed by atoms with van der Waals surface area (Å²) in [6.45, 7) is 2.19. The zero-order chi connectivity index (χ0) is 13.0. The Balaban J connectivity index is 1.97. The molecule has 1 N–H and O–H groups in total. The summed E-state index contributed by atoms with van der Waals surface area (Å²) < 4.78 is 2.36. The number of benzene rings is 1. The Morgan fingerprint density at radius 2 is 2.16 bits per heavy atom. The molecule has 3 nitrogen and oxygen atoms in total. The van der Waals surface area contributed by atoms with Gasteiger partial charge in [-0.3, -0.25) is 4.90 Å². The van der Waals surface area contributed by atoms with Crippen LogP contribution in [0.2, 0.25) is 0 Å². The van der Waals surface area contributed by atoms with Crippen LogP contribution >= 0.6 is 0 Å². The molecule has 3 heterocycles. The average Bonchev–Trinajstić information content (AvgIpc) is 2.85. The van der Waals surface area contributed by atoms with Gasteiger partial charge in [-0.2, -0.15) is 0 Å². The molecule has 0 aliphatic carbocycles. The van der Waals surface area contributed by atoms with E-state index in [0.717, 1.165) is 13.1 Å². The number of para-hydroxylation sites is 1. The fourth-order valence-corrected chi connectivity index (χ4v) is 3.60. The fourth-order valence-electron chi connectivity index (χ4n) is 3.60. The quantitative estimate of drug-likeness (QED) is 0.842. The van der Waals surface area contributed by atoms with Gasteiger partial charge in [-0.25, -0.2) is 0 Å². The van der Waals surface area contributed by atoms with Crippen LogP contribution in [0.3, 0.4) is 0 Å². The first-order chi connectivity index (χ1) is 9.28. The summed E-state index contributed by atoms with van der Waals surface area (Å²) in [5.74, 6) is 0.257. The van der Waals surface area contributed by atoms with Crippen LogP contribution in [0.5, 0.6) is 0 Å². The number of aromatic nitrogens is 1. The van der Waals surface area contributed by atoms with Crippen molar-refractivity contribution in [3.63, 3.8) is 0 Å². The summed E-state index contributed by atoms with van der Waals surface area (Å²) in [5, 5.41) is 10.8. The molecular weight excluding hydrogens is 236 g/mol. The van der Waals surface area contributed by atoms with Gasteiger partial charge in [0.05, 0.1) is 18.2 Å². The highest BCUT2D eigenvalue weighted by molar-refractivity contribution is 5.94. The van der Waals surface area contributed by atoms with Crippen LogP contribution in [0, 0.1) is 5.92 Å². The molecule has 2 aliphatic rings. The second kappa shape index (κ2) is 3.95. The van der Waals surface area contributed by atoms with Crippen molar-refractivity contribution in [3.05, 3.63) is 42.1 Å². The molecule has 0 radical (unpaired) electrons. The lowest BCUT2D eigenvalue weighted by molar-refractivity contribution is 0.174. The summed E-state index contributed by atoms with van der Waals surface area (Å²) in [6, 6.07) is 9.15. The van der Waals surface area contributed by atoms with Crippen molar-refractivity contribution >= 4 is 16.5 Å². The van der Waals surface area contributed by atoms with E-state index in [0.29, 0.717) is 6.04 Å². The van der Waals surface area contributed by atoms with Crippen molar-refractivity contribution in [3.8, 4) is 0 Å². The molecule has 1 aromatic heterocycles. The van der Waals surface area contributed by atoms with Gasteiger partial charge in [0.2, 0.25) is 0 Å². The molecule has 0 saturated heterocycles. The first kappa shape index (κ1) is 11.3. The minimum absolute atomic E-state index is 0.234. The van der Waals surface area contributed by atoms with Crippen molar-refractivity contribution < 1.29 is 5.11 Å². The highest BCUT2D eigenvalue weighted by atomic mass is 16.3. The molecule has 3 heteroatoms. The molecule has 0 saturated carbocycles. The summed E-state index contributed by atoms with van der Waals surface area (Å²) in [4.78, 5) is 2.37. The lowest BCUT2D eigenvalue weighted by Crippen LogP contribution is -2.44. The minimum Gasteiger partial charge on any atom is -0.396 e. The van der Waals surface area contributed by atoms with Crippen molar-refractivity contribution in [1.82, 2.24) is 9.47 Å². The van der Waals surface area contributed by atoms with Crippen molar-refractivity contribution in [1.29, 1.82) is 0 Å². The first-order valence-corrected chi connectivity index (χ1v) is 6.89. The Labute approximate surface area is 112 Å². The lowest BCUT2D eigenvalue weighted by atomic mass is 9.86. The molecule has 2 unspecified atom stereocenters. The van der Waals surface area contributed by atoms with Gasteiger partial charge in [-0.05, 0) is 18.7 Å². The molecule has 1 aromatic carbocycles. The predicted molar refractivity (Wildman–Crippen MR) is 76.9 cm³/mol. The predicted octanol–water partition coefficient (Wildman–Crippen LogP) is 1.96. The van der Waals surface area contributed by atoms with Crippen LogP contribution in [-0.2, 0) is 6.54 Å². The highest BCUT2D eigenvalue weighted by Gasteiger charge is 2.32. The molecule has 2 atom stereocenters. The van der Waals surface area contributed by atoms with E-state index in [1.807, 2.05) is 0 Å². The van der Waals surface area contributed by atoms with E-state index < -0.39 is 0 Å². The van der Waals surface area contributed by atoms with Crippen LogP contribution in [0.15, 0.2) is 36.5 Å². The van der Waals surface area contributed by atoms with Crippen LogP contribution in [0.4, 0.5) is 0 Å². The van der Waals surface area contributed by atoms with Gasteiger partial charge in [0, 0.05) is 36.2 Å². The molecule has 0 amide bonds. The van der Waals surface area contributed by atoms with E-state index in [9.17, 15) is 5.11 Å². The monoisotopic (exact) mass is 254 g/mol. The van der Waals surface area contributed by atoms with Crippen molar-refractivity contribution in [2.75, 3.05) is 20.2 Å². The molecule has 2 aromatic rings. The van der Waals surface area contributed by atoms with E-state index in [1.165, 1.54) is 22.0 Å². The normalized spacial score (nSPS) is 26.3. The van der Waals surface area contributed by atoms with Crippen LogP contribution in [0.1, 0.15) is 5.56 Å². The topological polar surface area (TPSA) is 28.4 Å². The van der Waals surface area contributed by atoms with E-state index in [1.54, 1.807) is 0 Å². The van der Waals surface area contributed by atoms with Gasteiger partial charge >= 0.3 is 0 Å². The van der Waals surface area contributed by atoms with E-state index in [2.05, 4.69) is 53.1 Å². The maximum Gasteiger partial charge on any atom is 0.0557 e. The van der Waals surface area contributed by atoms with Crippen LogP contribution in [-0.4, -0.2) is 40.8 Å². The SMILES string of the molecule is CN1CC(CO)C=C2c3cccc4ccn(c34)CC21. The smallest absolute Gasteiger partial charge is 0.0557 e. The zero-order valence-electron chi connectivity index (χ0n) is 11.1. The lowest BCUT2D eigenvalue weighted by Gasteiger charge is -2.40. The average molecular weight is 254 g/mol. The zero-order valence-corrected chi connectivity index (χ0v) is 11.1. The number of hydrogen-bond acceptors (Lipinski definition) is 2. The molecular formula is C16H18N2O. The molecule has 0 bridgehead atoms. The number of likely N-dealkylation sites (N-methyl/N-ethyl adjacent to an activating group) is 1. The molecule has 0 spiro atoms. The minimum atomic E-state index is 0.234. The Morgan fingerprint density at radius 1 is 1.26 bits per heavy atom. The summed E-state index contributed by atoms with van der Waals surface area (Å²) in [6.07, 6.45) is 4.48. The Bertz CT molecular complexity index is 670. The largest absolute Gasteiger partial charge is 0.396 e. The number of hydrogen-bond donors (Lipinski definition) is 1. The maximum atomic E-state index is 9.47. The molecule has 98 valence electrons. The summed E-state index contributed by atoms with van der Waals surface area (Å²) in [7, 11) is 2.16. The second-order valence-corrected chi connectivity index (χ2v) is 5.73. The third-order valence-electron chi connectivity index (χ3n) is 4.53. The Morgan fingerprint density at radius 3 is 3.00 bits per heavy atom. The van der Waals surface area contributed by atoms with E-state index in [-0.39, 0.29) is 12.5 Å². The van der Waals surface area contributed by atoms with Crippen LogP contribution < -0.4 is 0 Å². The van der Waals surface area contributed by atoms with E-state index in [4.69, 9.17) is 0 Å². The summed E-state index contributed by atoms with van der Waals surface area (Å²) >= 11 is 0. The van der Waals surface area contributed by atoms with Crippen molar-refractivity contribution in [2.45, 2.75) is 12.6 Å². The number of nitrogens with zero attached hydrogens (tertiary/aromatic N) is 2. The van der Waals surface area contributed by atoms with Gasteiger partial charge in [-0.15, -0.1) is 0 Å². The summed E-state index contributed by atoms with van der Waals surface area (Å²) in [5.41, 5.74) is 4.07.